The molecule has 2 N–H and O–H groups in total. The average Bonchev–Trinajstić information content (AvgIpc) is 2.73. The molecule has 1 aromatic heterocycles. The first kappa shape index (κ1) is 19.2. The molecule has 2 heterocycles. The highest BCUT2D eigenvalue weighted by atomic mass is 32.2. The Hall–Kier alpha value is -2.61. The number of para-hydroxylation sites is 1. The van der Waals surface area contributed by atoms with E-state index in [2.05, 4.69) is 25.5 Å². The number of nitrogens with zero attached hydrogens (tertiary/aromatic N) is 3. The Labute approximate surface area is 163 Å². The Morgan fingerprint density at radius 3 is 2.52 bits per heavy atom. The molecule has 2 aromatic rings. The Morgan fingerprint density at radius 2 is 1.81 bits per heavy atom. The molecule has 27 heavy (non-hydrogen) atoms. The monoisotopic (exact) mass is 385 g/mol. The van der Waals surface area contributed by atoms with Gasteiger partial charge >= 0.3 is 11.8 Å². The number of anilines is 2. The summed E-state index contributed by atoms with van der Waals surface area (Å²) in [6.45, 7) is 2.19. The molecule has 142 valence electrons. The largest absolute Gasteiger partial charge is 0.348 e. The molecule has 0 spiro atoms. The Bertz CT molecular complexity index is 779. The highest BCUT2D eigenvalue weighted by Crippen LogP contribution is 2.24. The van der Waals surface area contributed by atoms with Crippen LogP contribution in [-0.2, 0) is 9.59 Å². The van der Waals surface area contributed by atoms with Crippen molar-refractivity contribution in [1.82, 2.24) is 15.3 Å². The van der Waals surface area contributed by atoms with E-state index < -0.39 is 11.8 Å². The van der Waals surface area contributed by atoms with Crippen molar-refractivity contribution in [1.29, 1.82) is 0 Å². The fourth-order valence-electron chi connectivity index (χ4n) is 3.04. The number of nitrogens with one attached hydrogen (secondary N) is 2. The molecule has 7 nitrogen and oxygen atoms in total. The van der Waals surface area contributed by atoms with E-state index in [0.29, 0.717) is 18.2 Å². The second kappa shape index (κ2) is 9.36. The topological polar surface area (TPSA) is 87.2 Å². The number of hydrogen-bond donors (Lipinski definition) is 2. The number of aromatic nitrogens is 2. The summed E-state index contributed by atoms with van der Waals surface area (Å²) >= 11 is 1.52. The molecule has 0 unspecified atom stereocenters. The van der Waals surface area contributed by atoms with Gasteiger partial charge in [-0.15, -0.1) is 11.8 Å². The summed E-state index contributed by atoms with van der Waals surface area (Å²) in [6, 6.07) is 9.22. The summed E-state index contributed by atoms with van der Waals surface area (Å²) < 4.78 is 0. The number of carbonyl (C=O) groups is 2. The number of hydrogen-bond acceptors (Lipinski definition) is 6. The molecule has 0 radical (unpaired) electrons. The lowest BCUT2D eigenvalue weighted by molar-refractivity contribution is -0.136. The first-order valence-electron chi connectivity index (χ1n) is 8.91. The quantitative estimate of drug-likeness (QED) is 0.606. The lowest BCUT2D eigenvalue weighted by Crippen LogP contribution is -2.42. The summed E-state index contributed by atoms with van der Waals surface area (Å²) in [7, 11) is 0. The lowest BCUT2D eigenvalue weighted by atomic mass is 9.97. The number of piperidine rings is 1. The molecule has 8 heteroatoms. The van der Waals surface area contributed by atoms with Crippen molar-refractivity contribution in [2.75, 3.05) is 36.1 Å². The molecule has 3 rings (SSSR count). The first-order chi connectivity index (χ1) is 13.2. The predicted molar refractivity (Wildman–Crippen MR) is 107 cm³/mol. The average molecular weight is 385 g/mol. The van der Waals surface area contributed by atoms with Crippen LogP contribution < -0.4 is 15.5 Å². The van der Waals surface area contributed by atoms with Crippen molar-refractivity contribution >= 4 is 35.2 Å². The first-order valence-corrected chi connectivity index (χ1v) is 10.1. The summed E-state index contributed by atoms with van der Waals surface area (Å²) in [5, 5.41) is 5.44. The van der Waals surface area contributed by atoms with Crippen LogP contribution in [0.4, 0.5) is 11.6 Å². The highest BCUT2D eigenvalue weighted by Gasteiger charge is 2.22. The maximum Gasteiger partial charge on any atom is 0.313 e. The van der Waals surface area contributed by atoms with E-state index in [4.69, 9.17) is 0 Å². The number of thioether (sulfide) groups is 1. The van der Waals surface area contributed by atoms with E-state index in [-0.39, 0.29) is 0 Å². The van der Waals surface area contributed by atoms with E-state index >= 15 is 0 Å². The minimum absolute atomic E-state index is 0.347. The molecule has 2 amide bonds. The van der Waals surface area contributed by atoms with Crippen LogP contribution in [0.25, 0.3) is 0 Å². The molecule has 1 aliphatic heterocycles. The molecule has 1 aromatic carbocycles. The lowest BCUT2D eigenvalue weighted by Gasteiger charge is -2.31. The smallest absolute Gasteiger partial charge is 0.313 e. The van der Waals surface area contributed by atoms with E-state index in [1.54, 1.807) is 24.5 Å². The molecule has 1 fully saturated rings. The van der Waals surface area contributed by atoms with Gasteiger partial charge in [-0.2, -0.15) is 0 Å². The van der Waals surface area contributed by atoms with Gasteiger partial charge in [-0.3, -0.25) is 9.59 Å². The van der Waals surface area contributed by atoms with Crippen molar-refractivity contribution in [3.8, 4) is 0 Å². The predicted octanol–water partition coefficient (Wildman–Crippen LogP) is 2.17. The van der Waals surface area contributed by atoms with E-state index in [0.717, 1.165) is 36.8 Å². The van der Waals surface area contributed by atoms with Gasteiger partial charge in [0.05, 0.1) is 5.69 Å². The maximum absolute atomic E-state index is 12.1. The van der Waals surface area contributed by atoms with Gasteiger partial charge in [-0.25, -0.2) is 9.97 Å². The van der Waals surface area contributed by atoms with Crippen molar-refractivity contribution in [3.63, 3.8) is 0 Å². The normalized spacial score (nSPS) is 14.6. The van der Waals surface area contributed by atoms with Gasteiger partial charge < -0.3 is 15.5 Å². The molecular weight excluding hydrogens is 362 g/mol. The van der Waals surface area contributed by atoms with Gasteiger partial charge in [0.2, 0.25) is 5.95 Å². The third kappa shape index (κ3) is 5.19. The zero-order valence-electron chi connectivity index (χ0n) is 15.2. The van der Waals surface area contributed by atoms with Crippen LogP contribution >= 0.6 is 11.8 Å². The van der Waals surface area contributed by atoms with Crippen LogP contribution in [0.1, 0.15) is 12.8 Å². The van der Waals surface area contributed by atoms with Crippen LogP contribution in [0.3, 0.4) is 0 Å². The van der Waals surface area contributed by atoms with Crippen LogP contribution in [0.2, 0.25) is 0 Å². The molecule has 0 bridgehead atoms. The second-order valence-corrected chi connectivity index (χ2v) is 7.19. The summed E-state index contributed by atoms with van der Waals surface area (Å²) in [5.41, 5.74) is 0.654. The molecule has 1 aliphatic rings. The van der Waals surface area contributed by atoms with Gasteiger partial charge in [0.1, 0.15) is 0 Å². The summed E-state index contributed by atoms with van der Waals surface area (Å²) in [4.78, 5) is 35.9. The number of benzene rings is 1. The molecule has 0 atom stereocenters. The third-order valence-electron chi connectivity index (χ3n) is 4.56. The van der Waals surface area contributed by atoms with Gasteiger partial charge in [0.25, 0.3) is 0 Å². The fraction of sp³-hybridized carbons (Fsp3) is 0.368. The number of rotatable bonds is 5. The highest BCUT2D eigenvalue weighted by molar-refractivity contribution is 7.98. The van der Waals surface area contributed by atoms with Crippen molar-refractivity contribution in [3.05, 3.63) is 42.7 Å². The fourth-order valence-corrected chi connectivity index (χ4v) is 3.59. The molecule has 1 saturated heterocycles. The van der Waals surface area contributed by atoms with Crippen LogP contribution in [0, 0.1) is 5.92 Å². The zero-order chi connectivity index (χ0) is 19.1. The SMILES string of the molecule is CSc1ccccc1NC(=O)C(=O)NCC1CCN(c2ncccn2)CC1. The van der Waals surface area contributed by atoms with Crippen molar-refractivity contribution in [2.45, 2.75) is 17.7 Å². The van der Waals surface area contributed by atoms with Crippen LogP contribution in [0.5, 0.6) is 0 Å². The molecule has 0 aliphatic carbocycles. The van der Waals surface area contributed by atoms with Gasteiger partial charge in [0.15, 0.2) is 0 Å². The number of amides is 2. The van der Waals surface area contributed by atoms with E-state index in [9.17, 15) is 9.59 Å². The van der Waals surface area contributed by atoms with Gasteiger partial charge in [-0.1, -0.05) is 12.1 Å². The summed E-state index contributed by atoms with van der Waals surface area (Å²) in [5.74, 6) is -0.140. The molecule has 0 saturated carbocycles. The minimum atomic E-state index is -0.633. The third-order valence-corrected chi connectivity index (χ3v) is 5.36. The standard InChI is InChI=1S/C19H23N5O2S/c1-27-16-6-3-2-5-15(16)23-18(26)17(25)22-13-14-7-11-24(12-8-14)19-20-9-4-10-21-19/h2-6,9-10,14H,7-8,11-13H2,1H3,(H,22,25)(H,23,26). The second-order valence-electron chi connectivity index (χ2n) is 6.34. The zero-order valence-corrected chi connectivity index (χ0v) is 16.0. The van der Waals surface area contributed by atoms with E-state index in [1.807, 2.05) is 24.5 Å². The van der Waals surface area contributed by atoms with Crippen molar-refractivity contribution < 1.29 is 9.59 Å². The van der Waals surface area contributed by atoms with Crippen LogP contribution in [0.15, 0.2) is 47.6 Å². The minimum Gasteiger partial charge on any atom is -0.348 e. The Morgan fingerprint density at radius 1 is 1.11 bits per heavy atom. The number of carbonyl (C=O) groups excluding carboxylic acids is 2. The summed E-state index contributed by atoms with van der Waals surface area (Å²) in [6.07, 6.45) is 7.26. The maximum atomic E-state index is 12.1. The Balaban J connectivity index is 1.43. The van der Waals surface area contributed by atoms with E-state index in [1.165, 1.54) is 11.8 Å². The van der Waals surface area contributed by atoms with Crippen LogP contribution in [-0.4, -0.2) is 47.7 Å². The van der Waals surface area contributed by atoms with Crippen molar-refractivity contribution in [2.24, 2.45) is 5.92 Å². The van der Waals surface area contributed by atoms with Gasteiger partial charge in [0, 0.05) is 36.9 Å². The van der Waals surface area contributed by atoms with Gasteiger partial charge in [-0.05, 0) is 43.2 Å². The Kier molecular flexibility index (Phi) is 6.64. The molecular formula is C19H23N5O2S.